The molecule has 0 unspecified atom stereocenters. The molecule has 9 nitrogen and oxygen atoms in total. The molecule has 1 saturated heterocycles. The summed E-state index contributed by atoms with van der Waals surface area (Å²) in [5.41, 5.74) is 0.0890. The van der Waals surface area contributed by atoms with E-state index in [0.717, 1.165) is 49.0 Å². The first kappa shape index (κ1) is 27.2. The molecule has 0 saturated carbocycles. The van der Waals surface area contributed by atoms with Gasteiger partial charge in [-0.2, -0.15) is 13.2 Å². The highest BCUT2D eigenvalue weighted by Crippen LogP contribution is 2.32. The lowest BCUT2D eigenvalue weighted by Crippen LogP contribution is -2.49. The molecule has 1 aliphatic heterocycles. The summed E-state index contributed by atoms with van der Waals surface area (Å²) in [7, 11) is -7.17. The molecule has 1 aliphatic rings. The number of carbonyl (C=O) groups is 1. The Morgan fingerprint density at radius 3 is 2.17 bits per heavy atom. The van der Waals surface area contributed by atoms with Crippen molar-refractivity contribution in [1.29, 1.82) is 0 Å². The van der Waals surface area contributed by atoms with Gasteiger partial charge in [0.1, 0.15) is 9.96 Å². The SMILES string of the molecule is Cc1nc(N2CCN(C(=O)c3cc(S(C)(=O)=O)ccc3O[C@@H](C)C(F)(F)F)CC2)sc1S(C)(=O)=O. The van der Waals surface area contributed by atoms with Gasteiger partial charge < -0.3 is 14.5 Å². The number of sulfone groups is 2. The standard InChI is InChI=1S/C20H24F3N3O6S3/c1-12-18(35(4,30)31)33-19(24-12)26-9-7-25(8-10-26)17(27)15-11-14(34(3,28)29)5-6-16(15)32-13(2)20(21,22)23/h5-6,11,13H,7-10H2,1-4H3/t13-/m0/s1. The molecule has 1 aromatic carbocycles. The van der Waals surface area contributed by atoms with E-state index >= 15 is 0 Å². The van der Waals surface area contributed by atoms with Crippen LogP contribution in [0.3, 0.4) is 0 Å². The highest BCUT2D eigenvalue weighted by molar-refractivity contribution is 7.92. The van der Waals surface area contributed by atoms with Gasteiger partial charge in [-0.3, -0.25) is 4.79 Å². The van der Waals surface area contributed by atoms with Crippen LogP contribution in [0, 0.1) is 6.92 Å². The third kappa shape index (κ3) is 6.25. The predicted molar refractivity (Wildman–Crippen MR) is 124 cm³/mol. The van der Waals surface area contributed by atoms with E-state index in [1.165, 1.54) is 4.90 Å². The third-order valence-electron chi connectivity index (χ3n) is 5.29. The van der Waals surface area contributed by atoms with Crippen molar-refractivity contribution in [2.45, 2.75) is 35.2 Å². The van der Waals surface area contributed by atoms with E-state index < -0.39 is 37.9 Å². The minimum atomic E-state index is -4.68. The molecule has 1 atom stereocenters. The smallest absolute Gasteiger partial charge is 0.425 e. The van der Waals surface area contributed by atoms with Crippen LogP contribution in [0.1, 0.15) is 23.0 Å². The molecular formula is C20H24F3N3O6S3. The van der Waals surface area contributed by atoms with E-state index in [0.29, 0.717) is 23.9 Å². The minimum Gasteiger partial charge on any atom is -0.480 e. The number of anilines is 1. The van der Waals surface area contributed by atoms with Gasteiger partial charge in [-0.1, -0.05) is 11.3 Å². The number of hydrogen-bond acceptors (Lipinski definition) is 9. The maximum Gasteiger partial charge on any atom is 0.425 e. The van der Waals surface area contributed by atoms with Gasteiger partial charge in [0.2, 0.25) is 0 Å². The zero-order valence-corrected chi connectivity index (χ0v) is 21.7. The van der Waals surface area contributed by atoms with Crippen LogP contribution >= 0.6 is 11.3 Å². The van der Waals surface area contributed by atoms with Crippen LogP contribution < -0.4 is 9.64 Å². The topological polar surface area (TPSA) is 114 Å². The van der Waals surface area contributed by atoms with Crippen LogP contribution in [0.15, 0.2) is 27.3 Å². The van der Waals surface area contributed by atoms with Crippen molar-refractivity contribution >= 4 is 42.1 Å². The Hall–Kier alpha value is -2.39. The fraction of sp³-hybridized carbons (Fsp3) is 0.500. The van der Waals surface area contributed by atoms with Gasteiger partial charge in [0.05, 0.1) is 16.2 Å². The van der Waals surface area contributed by atoms with E-state index in [-0.39, 0.29) is 33.5 Å². The van der Waals surface area contributed by atoms with E-state index in [1.807, 2.05) is 4.90 Å². The number of hydrogen-bond donors (Lipinski definition) is 0. The van der Waals surface area contributed by atoms with Gasteiger partial charge in [-0.05, 0) is 32.0 Å². The molecule has 0 radical (unpaired) electrons. The van der Waals surface area contributed by atoms with E-state index in [9.17, 15) is 34.8 Å². The Balaban J connectivity index is 1.84. The molecule has 0 spiro atoms. The van der Waals surface area contributed by atoms with E-state index in [1.54, 1.807) is 6.92 Å². The molecule has 2 aromatic rings. The molecule has 1 fully saturated rings. The van der Waals surface area contributed by atoms with Gasteiger partial charge in [0.25, 0.3) is 5.91 Å². The Bertz CT molecular complexity index is 1330. The summed E-state index contributed by atoms with van der Waals surface area (Å²) < 4.78 is 92.0. The molecule has 35 heavy (non-hydrogen) atoms. The number of nitrogens with zero attached hydrogens (tertiary/aromatic N) is 3. The average Bonchev–Trinajstić information content (AvgIpc) is 3.14. The van der Waals surface area contributed by atoms with Crippen LogP contribution in [0.5, 0.6) is 5.75 Å². The summed E-state index contributed by atoms with van der Waals surface area (Å²) >= 11 is 1.03. The summed E-state index contributed by atoms with van der Waals surface area (Å²) in [6.45, 7) is 3.28. The number of thiazole rings is 1. The summed E-state index contributed by atoms with van der Waals surface area (Å²) in [5.74, 6) is -1.05. The number of ether oxygens (including phenoxy) is 1. The van der Waals surface area contributed by atoms with Crippen LogP contribution in [0.4, 0.5) is 18.3 Å². The number of amides is 1. The first-order chi connectivity index (χ1) is 16.0. The number of carbonyl (C=O) groups excluding carboxylic acids is 1. The fourth-order valence-electron chi connectivity index (χ4n) is 3.39. The maximum atomic E-state index is 13.2. The first-order valence-electron chi connectivity index (χ1n) is 10.3. The summed E-state index contributed by atoms with van der Waals surface area (Å²) in [5, 5.41) is 0.483. The number of rotatable bonds is 6. The third-order valence-corrected chi connectivity index (χ3v) is 9.54. The quantitative estimate of drug-likeness (QED) is 0.535. The maximum absolute atomic E-state index is 13.2. The van der Waals surface area contributed by atoms with Gasteiger partial charge in [0.15, 0.2) is 30.9 Å². The summed E-state index contributed by atoms with van der Waals surface area (Å²) in [6.07, 6.45) is -4.88. The second kappa shape index (κ2) is 9.58. The molecule has 1 aromatic heterocycles. The van der Waals surface area contributed by atoms with Crippen molar-refractivity contribution < 1.29 is 39.5 Å². The van der Waals surface area contributed by atoms with Crippen molar-refractivity contribution in [3.05, 3.63) is 29.5 Å². The lowest BCUT2D eigenvalue weighted by atomic mass is 10.1. The van der Waals surface area contributed by atoms with Crippen molar-refractivity contribution in [2.75, 3.05) is 43.6 Å². The van der Waals surface area contributed by atoms with Crippen molar-refractivity contribution in [3.8, 4) is 5.75 Å². The molecule has 2 heterocycles. The second-order valence-corrected chi connectivity index (χ2v) is 13.4. The molecule has 0 bridgehead atoms. The monoisotopic (exact) mass is 555 g/mol. The van der Waals surface area contributed by atoms with Gasteiger partial charge in [0, 0.05) is 38.7 Å². The zero-order chi connectivity index (χ0) is 26.3. The van der Waals surface area contributed by atoms with Crippen LogP contribution in [-0.4, -0.2) is 83.6 Å². The van der Waals surface area contributed by atoms with Gasteiger partial charge >= 0.3 is 6.18 Å². The van der Waals surface area contributed by atoms with Gasteiger partial charge in [-0.15, -0.1) is 0 Å². The molecule has 0 N–H and O–H groups in total. The van der Waals surface area contributed by atoms with Crippen molar-refractivity contribution in [1.82, 2.24) is 9.88 Å². The normalized spacial score (nSPS) is 16.3. The van der Waals surface area contributed by atoms with Gasteiger partial charge in [-0.25, -0.2) is 21.8 Å². The zero-order valence-electron chi connectivity index (χ0n) is 19.3. The van der Waals surface area contributed by atoms with Crippen LogP contribution in [0.25, 0.3) is 0 Å². The highest BCUT2D eigenvalue weighted by Gasteiger charge is 2.39. The number of piperazine rings is 1. The summed E-state index contributed by atoms with van der Waals surface area (Å²) in [4.78, 5) is 20.5. The Labute approximate surface area is 205 Å². The van der Waals surface area contributed by atoms with Crippen molar-refractivity contribution in [2.24, 2.45) is 0 Å². The highest BCUT2D eigenvalue weighted by atomic mass is 32.2. The first-order valence-corrected chi connectivity index (χ1v) is 14.9. The Morgan fingerprint density at radius 1 is 1.09 bits per heavy atom. The predicted octanol–water partition coefficient (Wildman–Crippen LogP) is 2.55. The van der Waals surface area contributed by atoms with Crippen LogP contribution in [0.2, 0.25) is 0 Å². The lowest BCUT2D eigenvalue weighted by molar-refractivity contribution is -0.189. The van der Waals surface area contributed by atoms with Crippen LogP contribution in [-0.2, 0) is 19.7 Å². The molecule has 1 amide bonds. The lowest BCUT2D eigenvalue weighted by Gasteiger charge is -2.35. The Kier molecular flexibility index (Phi) is 7.44. The second-order valence-electron chi connectivity index (χ2n) is 8.15. The number of aryl methyl sites for hydroxylation is 1. The molecular weight excluding hydrogens is 531 g/mol. The average molecular weight is 556 g/mol. The Morgan fingerprint density at radius 2 is 1.69 bits per heavy atom. The van der Waals surface area contributed by atoms with E-state index in [2.05, 4.69) is 4.98 Å². The van der Waals surface area contributed by atoms with E-state index in [4.69, 9.17) is 4.74 Å². The number of benzene rings is 1. The molecule has 15 heteroatoms. The molecule has 0 aliphatic carbocycles. The van der Waals surface area contributed by atoms with Crippen molar-refractivity contribution in [3.63, 3.8) is 0 Å². The molecule has 3 rings (SSSR count). The largest absolute Gasteiger partial charge is 0.480 e. The number of halogens is 3. The summed E-state index contributed by atoms with van der Waals surface area (Å²) in [6, 6.07) is 3.16. The number of alkyl halides is 3. The minimum absolute atomic E-state index is 0.156. The fourth-order valence-corrected chi connectivity index (χ4v) is 6.30. The number of aromatic nitrogens is 1. The molecule has 194 valence electrons.